The molecule has 0 spiro atoms. The molecule has 1 rings (SSSR count). The lowest BCUT2D eigenvalue weighted by atomic mass is 10.1. The highest BCUT2D eigenvalue weighted by molar-refractivity contribution is 4.93. The topological polar surface area (TPSA) is 30.5 Å². The summed E-state index contributed by atoms with van der Waals surface area (Å²) in [5, 5.41) is 3.31. The summed E-state index contributed by atoms with van der Waals surface area (Å²) >= 11 is 0. The number of hydrogen-bond donors (Lipinski definition) is 1. The number of methoxy groups -OCH3 is 1. The quantitative estimate of drug-likeness (QED) is 0.367. The van der Waals surface area contributed by atoms with Crippen molar-refractivity contribution in [3.8, 4) is 0 Å². The molecule has 0 amide bonds. The van der Waals surface area contributed by atoms with E-state index in [4.69, 9.17) is 9.47 Å². The summed E-state index contributed by atoms with van der Waals surface area (Å²) in [4.78, 5) is 0. The predicted octanol–water partition coefficient (Wildman–Crippen LogP) is 0.525. The van der Waals surface area contributed by atoms with Gasteiger partial charge in [-0.1, -0.05) is 12.2 Å². The molecule has 1 N–H and O–H groups in total. The maximum absolute atomic E-state index is 5.20. The summed E-state index contributed by atoms with van der Waals surface area (Å²) in [6, 6.07) is 0.468. The number of nitrogens with one attached hydrogen (secondary N) is 1. The van der Waals surface area contributed by atoms with Crippen molar-refractivity contribution in [2.45, 2.75) is 12.5 Å². The minimum absolute atomic E-state index is 0.391. The fourth-order valence-electron chi connectivity index (χ4n) is 1.06. The van der Waals surface area contributed by atoms with Crippen molar-refractivity contribution in [3.63, 3.8) is 0 Å². The normalized spacial score (nSPS) is 23.9. The van der Waals surface area contributed by atoms with E-state index in [1.54, 1.807) is 7.11 Å². The van der Waals surface area contributed by atoms with Crippen LogP contribution in [0.4, 0.5) is 0 Å². The minimum Gasteiger partial charge on any atom is -0.359 e. The molecule has 0 saturated heterocycles. The second kappa shape index (κ2) is 5.29. The molecule has 1 atom stereocenters. The van der Waals surface area contributed by atoms with Gasteiger partial charge in [0.2, 0.25) is 0 Å². The largest absolute Gasteiger partial charge is 0.359 e. The zero-order valence-electron chi connectivity index (χ0n) is 6.88. The van der Waals surface area contributed by atoms with Crippen LogP contribution in [0.25, 0.3) is 0 Å². The van der Waals surface area contributed by atoms with Gasteiger partial charge in [0.15, 0.2) is 0 Å². The van der Waals surface area contributed by atoms with Crippen molar-refractivity contribution in [2.24, 2.45) is 0 Å². The van der Waals surface area contributed by atoms with Gasteiger partial charge in [0, 0.05) is 19.7 Å². The molecule has 0 unspecified atom stereocenters. The smallest absolute Gasteiger partial charge is 0.146 e. The Hall–Kier alpha value is -0.380. The summed E-state index contributed by atoms with van der Waals surface area (Å²) in [6.07, 6.45) is 5.37. The first-order valence-corrected chi connectivity index (χ1v) is 3.88. The SMILES string of the molecule is COCOC[C@H]1CC=CCN1. The Morgan fingerprint density at radius 1 is 1.55 bits per heavy atom. The third-order valence-electron chi connectivity index (χ3n) is 1.63. The van der Waals surface area contributed by atoms with Crippen LogP contribution in [0.1, 0.15) is 6.42 Å². The van der Waals surface area contributed by atoms with Crippen molar-refractivity contribution < 1.29 is 9.47 Å². The van der Waals surface area contributed by atoms with Gasteiger partial charge >= 0.3 is 0 Å². The van der Waals surface area contributed by atoms with Crippen LogP contribution in [0.5, 0.6) is 0 Å². The van der Waals surface area contributed by atoms with E-state index in [0.29, 0.717) is 12.8 Å². The van der Waals surface area contributed by atoms with Crippen LogP contribution >= 0.6 is 0 Å². The summed E-state index contributed by atoms with van der Waals surface area (Å²) in [5.41, 5.74) is 0. The first kappa shape index (κ1) is 8.71. The van der Waals surface area contributed by atoms with Crippen LogP contribution in [-0.4, -0.2) is 33.1 Å². The molecule has 0 aromatic carbocycles. The van der Waals surface area contributed by atoms with Gasteiger partial charge in [-0.3, -0.25) is 0 Å². The van der Waals surface area contributed by atoms with Gasteiger partial charge in [-0.05, 0) is 6.42 Å². The lowest BCUT2D eigenvalue weighted by molar-refractivity contribution is -0.0376. The van der Waals surface area contributed by atoms with Gasteiger partial charge in [-0.2, -0.15) is 0 Å². The van der Waals surface area contributed by atoms with Gasteiger partial charge < -0.3 is 14.8 Å². The zero-order chi connectivity index (χ0) is 7.94. The van der Waals surface area contributed by atoms with E-state index >= 15 is 0 Å². The molecule has 0 aliphatic carbocycles. The van der Waals surface area contributed by atoms with Gasteiger partial charge in [0.1, 0.15) is 6.79 Å². The average Bonchev–Trinajstić information content (AvgIpc) is 2.07. The first-order chi connectivity index (χ1) is 5.43. The maximum atomic E-state index is 5.20. The molecule has 0 saturated carbocycles. The Morgan fingerprint density at radius 3 is 3.09 bits per heavy atom. The maximum Gasteiger partial charge on any atom is 0.146 e. The van der Waals surface area contributed by atoms with Gasteiger partial charge in [-0.25, -0.2) is 0 Å². The minimum atomic E-state index is 0.391. The van der Waals surface area contributed by atoms with Gasteiger partial charge in [-0.15, -0.1) is 0 Å². The predicted molar refractivity (Wildman–Crippen MR) is 43.4 cm³/mol. The Balaban J connectivity index is 2.02. The molecule has 0 radical (unpaired) electrons. The zero-order valence-corrected chi connectivity index (χ0v) is 6.88. The van der Waals surface area contributed by atoms with Crippen LogP contribution < -0.4 is 5.32 Å². The number of rotatable bonds is 4. The molecule has 3 heteroatoms. The van der Waals surface area contributed by atoms with E-state index in [2.05, 4.69) is 17.5 Å². The fraction of sp³-hybridized carbons (Fsp3) is 0.750. The lowest BCUT2D eigenvalue weighted by Crippen LogP contribution is -2.35. The van der Waals surface area contributed by atoms with E-state index in [9.17, 15) is 0 Å². The summed E-state index contributed by atoms with van der Waals surface area (Å²) in [6.45, 7) is 2.08. The molecule has 0 aromatic rings. The van der Waals surface area contributed by atoms with Crippen LogP contribution in [0.15, 0.2) is 12.2 Å². The highest BCUT2D eigenvalue weighted by Crippen LogP contribution is 1.99. The summed E-state index contributed by atoms with van der Waals surface area (Å²) < 4.78 is 9.97. The number of hydrogen-bond acceptors (Lipinski definition) is 3. The average molecular weight is 157 g/mol. The van der Waals surface area contributed by atoms with Crippen LogP contribution in [0, 0.1) is 0 Å². The van der Waals surface area contributed by atoms with E-state index in [-0.39, 0.29) is 0 Å². The van der Waals surface area contributed by atoms with E-state index < -0.39 is 0 Å². The van der Waals surface area contributed by atoms with Crippen molar-refractivity contribution in [1.82, 2.24) is 5.32 Å². The summed E-state index contributed by atoms with van der Waals surface area (Å²) in [7, 11) is 1.63. The molecule has 64 valence electrons. The molecule has 0 aromatic heterocycles. The van der Waals surface area contributed by atoms with Gasteiger partial charge in [0.05, 0.1) is 6.61 Å². The molecule has 3 nitrogen and oxygen atoms in total. The molecular weight excluding hydrogens is 142 g/mol. The molecule has 1 aliphatic heterocycles. The molecule has 0 fully saturated rings. The van der Waals surface area contributed by atoms with Crippen LogP contribution in [0.3, 0.4) is 0 Å². The Morgan fingerprint density at radius 2 is 2.45 bits per heavy atom. The van der Waals surface area contributed by atoms with Crippen LogP contribution in [-0.2, 0) is 9.47 Å². The monoisotopic (exact) mass is 157 g/mol. The lowest BCUT2D eigenvalue weighted by Gasteiger charge is -2.18. The van der Waals surface area contributed by atoms with Crippen molar-refractivity contribution in [1.29, 1.82) is 0 Å². The Labute approximate surface area is 67.4 Å². The third kappa shape index (κ3) is 3.51. The third-order valence-corrected chi connectivity index (χ3v) is 1.63. The van der Waals surface area contributed by atoms with Crippen molar-refractivity contribution in [2.75, 3.05) is 27.1 Å². The molecule has 0 bridgehead atoms. The number of ether oxygens (including phenoxy) is 2. The Kier molecular flexibility index (Phi) is 4.19. The van der Waals surface area contributed by atoms with E-state index in [0.717, 1.165) is 19.6 Å². The first-order valence-electron chi connectivity index (χ1n) is 3.88. The fourth-order valence-corrected chi connectivity index (χ4v) is 1.06. The van der Waals surface area contributed by atoms with Gasteiger partial charge in [0.25, 0.3) is 0 Å². The highest BCUT2D eigenvalue weighted by atomic mass is 16.7. The van der Waals surface area contributed by atoms with Crippen molar-refractivity contribution in [3.05, 3.63) is 12.2 Å². The second-order valence-corrected chi connectivity index (χ2v) is 2.59. The molecule has 1 aliphatic rings. The molecule has 11 heavy (non-hydrogen) atoms. The second-order valence-electron chi connectivity index (χ2n) is 2.59. The Bertz CT molecular complexity index is 125. The molecule has 1 heterocycles. The highest BCUT2D eigenvalue weighted by Gasteiger charge is 2.07. The standard InChI is InChI=1S/C8H15NO2/c1-10-7-11-6-8-4-2-3-5-9-8/h2-3,8-9H,4-7H2,1H3/t8-/m1/s1. The van der Waals surface area contributed by atoms with E-state index in [1.165, 1.54) is 0 Å². The van der Waals surface area contributed by atoms with Crippen molar-refractivity contribution >= 4 is 0 Å². The summed E-state index contributed by atoms with van der Waals surface area (Å²) in [5.74, 6) is 0. The van der Waals surface area contributed by atoms with E-state index in [1.807, 2.05) is 0 Å². The van der Waals surface area contributed by atoms with Crippen LogP contribution in [0.2, 0.25) is 0 Å². The molecular formula is C8H15NO2.